The lowest BCUT2D eigenvalue weighted by atomic mass is 9.97. The summed E-state index contributed by atoms with van der Waals surface area (Å²) in [7, 11) is 0. The third kappa shape index (κ3) is 3.37. The summed E-state index contributed by atoms with van der Waals surface area (Å²) in [5, 5.41) is 0. The van der Waals surface area contributed by atoms with Crippen LogP contribution in [0.2, 0.25) is 0 Å². The van der Waals surface area contributed by atoms with Gasteiger partial charge in [-0.05, 0) is 49.3 Å². The van der Waals surface area contributed by atoms with Crippen LogP contribution in [0, 0.1) is 11.8 Å². The Kier molecular flexibility index (Phi) is 4.36. The highest BCUT2D eigenvalue weighted by atomic mass is 19.4. The predicted octanol–water partition coefficient (Wildman–Crippen LogP) is 3.01. The lowest BCUT2D eigenvalue weighted by Gasteiger charge is -2.32. The highest BCUT2D eigenvalue weighted by Gasteiger charge is 2.49. The Balaban J connectivity index is 1.71. The highest BCUT2D eigenvalue weighted by molar-refractivity contribution is 5.83. The topological polar surface area (TPSA) is 46.3 Å². The van der Waals surface area contributed by atoms with E-state index in [4.69, 9.17) is 5.73 Å². The molecule has 0 aromatic heterocycles. The van der Waals surface area contributed by atoms with Crippen LogP contribution in [0.5, 0.6) is 0 Å². The summed E-state index contributed by atoms with van der Waals surface area (Å²) < 4.78 is 39.3. The number of alkyl halides is 3. The first kappa shape index (κ1) is 16.3. The van der Waals surface area contributed by atoms with Crippen molar-refractivity contribution in [3.05, 3.63) is 35.4 Å². The molecule has 1 heterocycles. The van der Waals surface area contributed by atoms with Gasteiger partial charge in [-0.1, -0.05) is 18.2 Å². The lowest BCUT2D eigenvalue weighted by molar-refractivity contribution is -0.139. The van der Waals surface area contributed by atoms with Crippen molar-refractivity contribution < 1.29 is 18.0 Å². The van der Waals surface area contributed by atoms with Gasteiger partial charge in [0.1, 0.15) is 0 Å². The first-order valence-electron chi connectivity index (χ1n) is 8.06. The molecule has 1 amide bonds. The molecule has 1 aromatic rings. The predicted molar refractivity (Wildman–Crippen MR) is 80.7 cm³/mol. The number of nitrogens with two attached hydrogens (primary N) is 1. The Morgan fingerprint density at radius 1 is 1.30 bits per heavy atom. The second-order valence-corrected chi connectivity index (χ2v) is 6.56. The number of halogens is 3. The number of carbonyl (C=O) groups is 1. The Labute approximate surface area is 133 Å². The average Bonchev–Trinajstić information content (AvgIpc) is 3.34. The van der Waals surface area contributed by atoms with Crippen LogP contribution in [-0.4, -0.2) is 30.4 Å². The molecule has 2 aliphatic rings. The highest BCUT2D eigenvalue weighted by Crippen LogP contribution is 2.51. The molecule has 1 aromatic carbocycles. The third-order valence-electron chi connectivity index (χ3n) is 4.94. The molecule has 3 nitrogen and oxygen atoms in total. The first-order valence-corrected chi connectivity index (χ1v) is 8.06. The summed E-state index contributed by atoms with van der Waals surface area (Å²) in [5.74, 6) is -0.314. The van der Waals surface area contributed by atoms with Crippen molar-refractivity contribution in [2.45, 2.75) is 31.4 Å². The summed E-state index contributed by atoms with van der Waals surface area (Å²) in [6.07, 6.45) is -1.92. The number of benzene rings is 1. The Morgan fingerprint density at radius 3 is 2.74 bits per heavy atom. The molecule has 2 fully saturated rings. The summed E-state index contributed by atoms with van der Waals surface area (Å²) in [5.41, 5.74) is 5.32. The van der Waals surface area contributed by atoms with Crippen molar-refractivity contribution >= 4 is 5.91 Å². The largest absolute Gasteiger partial charge is 0.416 e. The minimum absolute atomic E-state index is 0.00914. The molecule has 3 rings (SSSR count). The van der Waals surface area contributed by atoms with Crippen LogP contribution >= 0.6 is 0 Å². The van der Waals surface area contributed by atoms with E-state index in [1.54, 1.807) is 11.0 Å². The molecule has 0 radical (unpaired) electrons. The van der Waals surface area contributed by atoms with Gasteiger partial charge in [0.2, 0.25) is 5.91 Å². The third-order valence-corrected chi connectivity index (χ3v) is 4.94. The molecule has 1 unspecified atom stereocenters. The van der Waals surface area contributed by atoms with Crippen LogP contribution in [-0.2, 0) is 11.0 Å². The summed E-state index contributed by atoms with van der Waals surface area (Å²) in [4.78, 5) is 14.4. The first-order chi connectivity index (χ1) is 10.9. The molecular formula is C17H21F3N2O. The Bertz CT molecular complexity index is 587. The number of hydrogen-bond donors (Lipinski definition) is 1. The zero-order valence-corrected chi connectivity index (χ0v) is 12.9. The molecule has 0 bridgehead atoms. The number of rotatable bonds is 3. The van der Waals surface area contributed by atoms with Gasteiger partial charge in [-0.15, -0.1) is 0 Å². The van der Waals surface area contributed by atoms with Gasteiger partial charge in [0.05, 0.1) is 5.56 Å². The van der Waals surface area contributed by atoms with E-state index in [2.05, 4.69) is 0 Å². The maximum absolute atomic E-state index is 13.1. The molecule has 0 spiro atoms. The zero-order chi connectivity index (χ0) is 16.6. The quantitative estimate of drug-likeness (QED) is 0.928. The maximum Gasteiger partial charge on any atom is 0.416 e. The van der Waals surface area contributed by atoms with Crippen LogP contribution in [0.4, 0.5) is 13.2 Å². The molecule has 3 atom stereocenters. The number of likely N-dealkylation sites (tertiary alicyclic amines) is 1. The van der Waals surface area contributed by atoms with E-state index in [1.807, 2.05) is 0 Å². The zero-order valence-electron chi connectivity index (χ0n) is 12.9. The minimum atomic E-state index is -4.37. The molecule has 1 saturated heterocycles. The van der Waals surface area contributed by atoms with E-state index in [1.165, 1.54) is 12.1 Å². The van der Waals surface area contributed by atoms with Crippen LogP contribution in [0.25, 0.3) is 0 Å². The lowest BCUT2D eigenvalue weighted by Crippen LogP contribution is -2.42. The maximum atomic E-state index is 13.1. The van der Waals surface area contributed by atoms with E-state index in [0.29, 0.717) is 32.0 Å². The van der Waals surface area contributed by atoms with Gasteiger partial charge in [0.15, 0.2) is 0 Å². The molecule has 23 heavy (non-hydrogen) atoms. The van der Waals surface area contributed by atoms with E-state index >= 15 is 0 Å². The molecule has 1 saturated carbocycles. The van der Waals surface area contributed by atoms with Crippen LogP contribution in [0.15, 0.2) is 24.3 Å². The van der Waals surface area contributed by atoms with Crippen molar-refractivity contribution in [2.75, 3.05) is 19.6 Å². The standard InChI is InChI=1S/C17H21F3N2O/c18-17(19,20)15-6-2-1-5-12(15)13-8-14(13)16(23)22-7-3-4-11(9-21)10-22/h1-2,5-6,11,13-14H,3-4,7-10,21H2/t11?,13-,14+/m1/s1. The number of piperidine rings is 1. The van der Waals surface area contributed by atoms with Crippen molar-refractivity contribution in [1.82, 2.24) is 4.90 Å². The van der Waals surface area contributed by atoms with Crippen LogP contribution < -0.4 is 5.73 Å². The normalized spacial score (nSPS) is 27.8. The van der Waals surface area contributed by atoms with E-state index in [9.17, 15) is 18.0 Å². The summed E-state index contributed by atoms with van der Waals surface area (Å²) >= 11 is 0. The average molecular weight is 326 g/mol. The van der Waals surface area contributed by atoms with Gasteiger partial charge in [-0.25, -0.2) is 0 Å². The Morgan fingerprint density at radius 2 is 2.04 bits per heavy atom. The van der Waals surface area contributed by atoms with E-state index in [0.717, 1.165) is 18.9 Å². The summed E-state index contributed by atoms with van der Waals surface area (Å²) in [6.45, 7) is 1.88. The Hall–Kier alpha value is -1.56. The summed E-state index contributed by atoms with van der Waals surface area (Å²) in [6, 6.07) is 5.60. The number of hydrogen-bond acceptors (Lipinski definition) is 2. The van der Waals surface area contributed by atoms with Crippen LogP contribution in [0.1, 0.15) is 36.3 Å². The molecule has 2 N–H and O–H groups in total. The fourth-order valence-corrected chi connectivity index (χ4v) is 3.58. The van der Waals surface area contributed by atoms with Gasteiger partial charge < -0.3 is 10.6 Å². The smallest absolute Gasteiger partial charge is 0.342 e. The molecule has 6 heteroatoms. The van der Waals surface area contributed by atoms with Crippen LogP contribution in [0.3, 0.4) is 0 Å². The minimum Gasteiger partial charge on any atom is -0.342 e. The molecular weight excluding hydrogens is 305 g/mol. The molecule has 126 valence electrons. The number of nitrogens with zero attached hydrogens (tertiary/aromatic N) is 1. The van der Waals surface area contributed by atoms with E-state index < -0.39 is 11.7 Å². The van der Waals surface area contributed by atoms with Crippen molar-refractivity contribution in [1.29, 1.82) is 0 Å². The second-order valence-electron chi connectivity index (χ2n) is 6.56. The van der Waals surface area contributed by atoms with Gasteiger partial charge in [-0.3, -0.25) is 4.79 Å². The monoisotopic (exact) mass is 326 g/mol. The second kappa shape index (κ2) is 6.15. The van der Waals surface area contributed by atoms with Gasteiger partial charge in [-0.2, -0.15) is 13.2 Å². The number of carbonyl (C=O) groups excluding carboxylic acids is 1. The van der Waals surface area contributed by atoms with Crippen molar-refractivity contribution in [3.8, 4) is 0 Å². The van der Waals surface area contributed by atoms with Crippen molar-refractivity contribution in [3.63, 3.8) is 0 Å². The fourth-order valence-electron chi connectivity index (χ4n) is 3.58. The van der Waals surface area contributed by atoms with Gasteiger partial charge in [0.25, 0.3) is 0 Å². The SMILES string of the molecule is NCC1CCCN(C(=O)[C@H]2C[C@@H]2c2ccccc2C(F)(F)F)C1. The fraction of sp³-hybridized carbons (Fsp3) is 0.588. The van der Waals surface area contributed by atoms with E-state index in [-0.39, 0.29) is 23.3 Å². The van der Waals surface area contributed by atoms with Crippen molar-refractivity contribution in [2.24, 2.45) is 17.6 Å². The molecule has 1 aliphatic carbocycles. The number of amides is 1. The van der Waals surface area contributed by atoms with Gasteiger partial charge in [0, 0.05) is 19.0 Å². The molecule has 1 aliphatic heterocycles. The van der Waals surface area contributed by atoms with Gasteiger partial charge >= 0.3 is 6.18 Å².